The molecule has 37 heavy (non-hydrogen) atoms. The number of ether oxygens (including phenoxy) is 1. The first-order chi connectivity index (χ1) is 17.6. The van der Waals surface area contributed by atoms with E-state index in [1.165, 1.54) is 12.1 Å². The SMILES string of the molecule is Cc1ccc(CNC(=O)c2nc(-c3ccc(F)cc3)n(CC[C@@H]3C[C@@H](O)CC(=O)O3)c2C(C)C)cc1Cl. The Hall–Kier alpha value is -3.23. The maximum atomic E-state index is 13.7. The van der Waals surface area contributed by atoms with Gasteiger partial charge in [-0.1, -0.05) is 37.6 Å². The number of hydrogen-bond acceptors (Lipinski definition) is 5. The number of halogens is 2. The van der Waals surface area contributed by atoms with E-state index in [-0.39, 0.29) is 36.3 Å². The largest absolute Gasteiger partial charge is 0.462 e. The zero-order valence-corrected chi connectivity index (χ0v) is 21.9. The van der Waals surface area contributed by atoms with Gasteiger partial charge in [-0.3, -0.25) is 9.59 Å². The molecule has 1 amide bonds. The monoisotopic (exact) mass is 527 g/mol. The van der Waals surface area contributed by atoms with E-state index in [0.29, 0.717) is 35.8 Å². The summed E-state index contributed by atoms with van der Waals surface area (Å²) >= 11 is 6.23. The number of cyclic esters (lactones) is 1. The van der Waals surface area contributed by atoms with E-state index < -0.39 is 18.2 Å². The summed E-state index contributed by atoms with van der Waals surface area (Å²) in [7, 11) is 0. The van der Waals surface area contributed by atoms with Gasteiger partial charge in [0.2, 0.25) is 0 Å². The summed E-state index contributed by atoms with van der Waals surface area (Å²) < 4.78 is 21.0. The topological polar surface area (TPSA) is 93.5 Å². The minimum Gasteiger partial charge on any atom is -0.462 e. The van der Waals surface area contributed by atoms with Crippen molar-refractivity contribution in [2.45, 2.75) is 71.2 Å². The van der Waals surface area contributed by atoms with Crippen LogP contribution in [0.25, 0.3) is 11.4 Å². The molecule has 2 N–H and O–H groups in total. The average molecular weight is 528 g/mol. The molecule has 1 fully saturated rings. The highest BCUT2D eigenvalue weighted by Gasteiger charge is 2.29. The second-order valence-corrected chi connectivity index (χ2v) is 10.2. The van der Waals surface area contributed by atoms with Crippen molar-refractivity contribution in [3.63, 3.8) is 0 Å². The van der Waals surface area contributed by atoms with E-state index in [0.717, 1.165) is 16.8 Å². The Morgan fingerprint density at radius 2 is 2.00 bits per heavy atom. The summed E-state index contributed by atoms with van der Waals surface area (Å²) in [6.07, 6.45) is -0.378. The highest BCUT2D eigenvalue weighted by molar-refractivity contribution is 6.31. The third kappa shape index (κ3) is 6.37. The van der Waals surface area contributed by atoms with Crippen molar-refractivity contribution >= 4 is 23.5 Å². The second kappa shape index (κ2) is 11.4. The van der Waals surface area contributed by atoms with Crippen LogP contribution in [0.3, 0.4) is 0 Å². The predicted octanol–water partition coefficient (Wildman–Crippen LogP) is 5.16. The average Bonchev–Trinajstić information content (AvgIpc) is 3.23. The van der Waals surface area contributed by atoms with Crippen LogP contribution in [0, 0.1) is 12.7 Å². The van der Waals surface area contributed by atoms with Crippen LogP contribution in [-0.2, 0) is 22.6 Å². The van der Waals surface area contributed by atoms with Crippen molar-refractivity contribution in [1.82, 2.24) is 14.9 Å². The molecule has 4 rings (SSSR count). The molecule has 1 aliphatic rings. The third-order valence-corrected chi connectivity index (χ3v) is 6.88. The summed E-state index contributed by atoms with van der Waals surface area (Å²) in [5, 5.41) is 13.6. The lowest BCUT2D eigenvalue weighted by Crippen LogP contribution is -2.33. The number of aliphatic hydroxyl groups is 1. The number of aliphatic hydroxyl groups excluding tert-OH is 1. The van der Waals surface area contributed by atoms with Crippen molar-refractivity contribution < 1.29 is 23.8 Å². The summed E-state index contributed by atoms with van der Waals surface area (Å²) in [5.41, 5.74) is 3.49. The molecule has 0 radical (unpaired) electrons. The minimum atomic E-state index is -0.730. The summed E-state index contributed by atoms with van der Waals surface area (Å²) in [5.74, 6) is -0.662. The van der Waals surface area contributed by atoms with Gasteiger partial charge in [0.15, 0.2) is 0 Å². The molecule has 3 aromatic rings. The fraction of sp³-hybridized carbons (Fsp3) is 0.393. The molecule has 0 spiro atoms. The quantitative estimate of drug-likeness (QED) is 0.395. The van der Waals surface area contributed by atoms with Gasteiger partial charge in [-0.2, -0.15) is 0 Å². The normalized spacial score (nSPS) is 17.6. The molecule has 2 aromatic carbocycles. The van der Waals surface area contributed by atoms with Gasteiger partial charge < -0.3 is 19.7 Å². The van der Waals surface area contributed by atoms with Gasteiger partial charge in [-0.25, -0.2) is 9.37 Å². The van der Waals surface area contributed by atoms with Crippen molar-refractivity contribution in [1.29, 1.82) is 0 Å². The van der Waals surface area contributed by atoms with Gasteiger partial charge in [0.25, 0.3) is 5.91 Å². The molecule has 0 saturated carbocycles. The number of carbonyl (C=O) groups excluding carboxylic acids is 2. The molecule has 2 atom stereocenters. The molecule has 0 bridgehead atoms. The van der Waals surface area contributed by atoms with Crippen molar-refractivity contribution in [3.05, 3.63) is 75.8 Å². The van der Waals surface area contributed by atoms with Crippen molar-refractivity contribution in [2.24, 2.45) is 0 Å². The Labute approximate surface area is 220 Å². The van der Waals surface area contributed by atoms with Gasteiger partial charge in [-0.05, 0) is 54.3 Å². The molecular formula is C28H31ClFN3O4. The van der Waals surface area contributed by atoms with Crippen LogP contribution in [-0.4, -0.2) is 38.7 Å². The van der Waals surface area contributed by atoms with E-state index in [1.54, 1.807) is 12.1 Å². The molecule has 2 heterocycles. The Morgan fingerprint density at radius 1 is 1.27 bits per heavy atom. The van der Waals surface area contributed by atoms with Gasteiger partial charge in [0, 0.05) is 36.5 Å². The van der Waals surface area contributed by atoms with Crippen LogP contribution in [0.5, 0.6) is 0 Å². The second-order valence-electron chi connectivity index (χ2n) is 9.74. The lowest BCUT2D eigenvalue weighted by atomic mass is 10.0. The van der Waals surface area contributed by atoms with Gasteiger partial charge in [0.05, 0.1) is 18.2 Å². The number of aryl methyl sites for hydroxylation is 1. The molecule has 1 aliphatic heterocycles. The van der Waals surface area contributed by atoms with Crippen LogP contribution in [0.15, 0.2) is 42.5 Å². The number of nitrogens with zero attached hydrogens (tertiary/aromatic N) is 2. The fourth-order valence-corrected chi connectivity index (χ4v) is 4.79. The molecule has 9 heteroatoms. The molecule has 7 nitrogen and oxygen atoms in total. The molecule has 1 aromatic heterocycles. The third-order valence-electron chi connectivity index (χ3n) is 6.47. The van der Waals surface area contributed by atoms with Crippen LogP contribution < -0.4 is 5.32 Å². The van der Waals surface area contributed by atoms with Crippen molar-refractivity contribution in [3.8, 4) is 11.4 Å². The van der Waals surface area contributed by atoms with Gasteiger partial charge >= 0.3 is 5.97 Å². The Balaban J connectivity index is 1.65. The number of imidazole rings is 1. The standard InChI is InChI=1S/C28H31ClFN3O4/c1-16(2)26-25(28(36)31-15-18-5-4-17(3)23(29)12-18)32-27(19-6-8-20(30)9-7-19)33(26)11-10-22-13-21(34)14-24(35)37-22/h4-9,12,16,21-22,34H,10-11,13-15H2,1-3H3,(H,31,36)/t21-,22-/m1/s1. The number of rotatable bonds is 8. The van der Waals surface area contributed by atoms with Crippen molar-refractivity contribution in [2.75, 3.05) is 0 Å². The van der Waals surface area contributed by atoms with Crippen LogP contribution in [0.1, 0.15) is 66.3 Å². The van der Waals surface area contributed by atoms with Gasteiger partial charge in [-0.15, -0.1) is 0 Å². The smallest absolute Gasteiger partial charge is 0.308 e. The zero-order chi connectivity index (χ0) is 26.7. The highest BCUT2D eigenvalue weighted by atomic mass is 35.5. The molecule has 0 unspecified atom stereocenters. The Kier molecular flexibility index (Phi) is 8.29. The number of carbonyl (C=O) groups is 2. The maximum Gasteiger partial charge on any atom is 0.308 e. The first-order valence-electron chi connectivity index (χ1n) is 12.4. The number of esters is 1. The fourth-order valence-electron chi connectivity index (χ4n) is 4.59. The number of amides is 1. The molecule has 196 valence electrons. The first-order valence-corrected chi connectivity index (χ1v) is 12.8. The van der Waals surface area contributed by atoms with E-state index in [1.807, 2.05) is 43.5 Å². The lowest BCUT2D eigenvalue weighted by Gasteiger charge is -2.26. The molecule has 0 aliphatic carbocycles. The van der Waals surface area contributed by atoms with Crippen LogP contribution in [0.2, 0.25) is 5.02 Å². The number of hydrogen-bond donors (Lipinski definition) is 2. The van der Waals surface area contributed by atoms with Crippen LogP contribution >= 0.6 is 11.6 Å². The zero-order valence-electron chi connectivity index (χ0n) is 21.1. The van der Waals surface area contributed by atoms with E-state index in [9.17, 15) is 19.1 Å². The summed E-state index contributed by atoms with van der Waals surface area (Å²) in [6, 6.07) is 11.6. The van der Waals surface area contributed by atoms with E-state index >= 15 is 0 Å². The lowest BCUT2D eigenvalue weighted by molar-refractivity contribution is -0.160. The summed E-state index contributed by atoms with van der Waals surface area (Å²) in [4.78, 5) is 29.9. The summed E-state index contributed by atoms with van der Waals surface area (Å²) in [6.45, 7) is 6.55. The van der Waals surface area contributed by atoms with Crippen LogP contribution in [0.4, 0.5) is 4.39 Å². The highest BCUT2D eigenvalue weighted by Crippen LogP contribution is 2.30. The maximum absolute atomic E-state index is 13.7. The Morgan fingerprint density at radius 3 is 2.65 bits per heavy atom. The Bertz CT molecular complexity index is 1290. The number of benzene rings is 2. The van der Waals surface area contributed by atoms with Gasteiger partial charge in [0.1, 0.15) is 23.4 Å². The van der Waals surface area contributed by atoms with E-state index in [4.69, 9.17) is 21.3 Å². The number of nitrogens with one attached hydrogen (secondary N) is 1. The minimum absolute atomic E-state index is 0.00381. The number of aromatic nitrogens is 2. The molecule has 1 saturated heterocycles. The first kappa shape index (κ1) is 26.8. The molecular weight excluding hydrogens is 497 g/mol. The van der Waals surface area contributed by atoms with E-state index in [2.05, 4.69) is 5.32 Å². The predicted molar refractivity (Wildman–Crippen MR) is 139 cm³/mol.